The molecule has 0 spiro atoms. The molecule has 3 N–H and O–H groups in total. The summed E-state index contributed by atoms with van der Waals surface area (Å²) in [4.78, 5) is 25.9. The van der Waals surface area contributed by atoms with Crippen LogP contribution in [0.1, 0.15) is 10.4 Å². The molecule has 0 bridgehead atoms. The van der Waals surface area contributed by atoms with Crippen LogP contribution in [0.15, 0.2) is 29.2 Å². The van der Waals surface area contributed by atoms with E-state index in [9.17, 15) is 9.59 Å². The number of rotatable bonds is 4. The molecule has 1 aromatic carbocycles. The zero-order chi connectivity index (χ0) is 13.7. The second-order valence-electron chi connectivity index (χ2n) is 4.29. The van der Waals surface area contributed by atoms with Gasteiger partial charge in [0.05, 0.1) is 11.3 Å². The van der Waals surface area contributed by atoms with Crippen molar-refractivity contribution in [2.24, 2.45) is 5.73 Å². The maximum atomic E-state index is 12.4. The van der Waals surface area contributed by atoms with Crippen LogP contribution in [0.5, 0.6) is 0 Å². The molecule has 0 aliphatic carbocycles. The van der Waals surface area contributed by atoms with Gasteiger partial charge in [0.2, 0.25) is 5.91 Å². The van der Waals surface area contributed by atoms with Gasteiger partial charge in [0.1, 0.15) is 0 Å². The molecule has 110 valence electrons. The Kier molecular flexibility index (Phi) is 6.84. The predicted molar refractivity (Wildman–Crippen MR) is 82.4 cm³/mol. The maximum absolute atomic E-state index is 12.4. The number of primary amides is 1. The number of hydrogen-bond acceptors (Lipinski definition) is 4. The molecule has 1 aromatic rings. The number of thioether (sulfide) groups is 1. The smallest absolute Gasteiger partial charge is 0.255 e. The summed E-state index contributed by atoms with van der Waals surface area (Å²) in [6, 6.07) is 7.35. The summed E-state index contributed by atoms with van der Waals surface area (Å²) in [5.41, 5.74) is 5.79. The molecule has 5 nitrogen and oxygen atoms in total. The van der Waals surface area contributed by atoms with Crippen molar-refractivity contribution < 1.29 is 9.59 Å². The lowest BCUT2D eigenvalue weighted by Gasteiger charge is -2.28. The first-order valence-corrected chi connectivity index (χ1v) is 7.17. The van der Waals surface area contributed by atoms with Gasteiger partial charge in [-0.05, 0) is 12.1 Å². The summed E-state index contributed by atoms with van der Waals surface area (Å²) in [6.07, 6.45) is 0. The van der Waals surface area contributed by atoms with Gasteiger partial charge in [-0.1, -0.05) is 12.1 Å². The Labute approximate surface area is 128 Å². The summed E-state index contributed by atoms with van der Waals surface area (Å²) in [6.45, 7) is 3.08. The highest BCUT2D eigenvalue weighted by Crippen LogP contribution is 2.23. The molecule has 7 heteroatoms. The molecule has 0 atom stereocenters. The van der Waals surface area contributed by atoms with E-state index in [0.717, 1.165) is 18.0 Å². The van der Waals surface area contributed by atoms with Crippen LogP contribution in [-0.4, -0.2) is 48.6 Å². The predicted octanol–water partition coefficient (Wildman–Crippen LogP) is 0.731. The second-order valence-corrected chi connectivity index (χ2v) is 5.31. The second kappa shape index (κ2) is 8.14. The van der Waals surface area contributed by atoms with E-state index < -0.39 is 0 Å². The van der Waals surface area contributed by atoms with Crippen LogP contribution >= 0.6 is 24.2 Å². The van der Waals surface area contributed by atoms with Crippen LogP contribution in [0, 0.1) is 0 Å². The van der Waals surface area contributed by atoms with Crippen molar-refractivity contribution in [1.82, 2.24) is 10.2 Å². The van der Waals surface area contributed by atoms with E-state index in [4.69, 9.17) is 5.73 Å². The fourth-order valence-electron chi connectivity index (χ4n) is 1.96. The van der Waals surface area contributed by atoms with Gasteiger partial charge in [0.25, 0.3) is 5.91 Å². The van der Waals surface area contributed by atoms with Crippen LogP contribution < -0.4 is 11.1 Å². The number of carbonyl (C=O) groups excluding carboxylic acids is 2. The summed E-state index contributed by atoms with van der Waals surface area (Å²) in [5, 5.41) is 3.22. The van der Waals surface area contributed by atoms with Crippen molar-refractivity contribution in [1.29, 1.82) is 0 Å². The lowest BCUT2D eigenvalue weighted by Crippen LogP contribution is -2.46. The average molecular weight is 316 g/mol. The lowest BCUT2D eigenvalue weighted by molar-refractivity contribution is -0.115. The number of nitrogens with two attached hydrogens (primary N) is 1. The van der Waals surface area contributed by atoms with Gasteiger partial charge >= 0.3 is 0 Å². The minimum atomic E-state index is -0.380. The Morgan fingerprint density at radius 3 is 2.55 bits per heavy atom. The van der Waals surface area contributed by atoms with E-state index in [0.29, 0.717) is 18.7 Å². The lowest BCUT2D eigenvalue weighted by atomic mass is 10.2. The fourth-order valence-corrected chi connectivity index (χ4v) is 2.74. The quantitative estimate of drug-likeness (QED) is 0.803. The van der Waals surface area contributed by atoms with Crippen molar-refractivity contribution in [3.8, 4) is 0 Å². The molecule has 0 unspecified atom stereocenters. The van der Waals surface area contributed by atoms with Gasteiger partial charge in [0, 0.05) is 31.1 Å². The van der Waals surface area contributed by atoms with Gasteiger partial charge in [-0.2, -0.15) is 0 Å². The fraction of sp³-hybridized carbons (Fsp3) is 0.385. The number of benzene rings is 1. The molecule has 2 rings (SSSR count). The molecule has 0 radical (unpaired) electrons. The topological polar surface area (TPSA) is 75.4 Å². The van der Waals surface area contributed by atoms with E-state index in [2.05, 4.69) is 5.32 Å². The standard InChI is InChI=1S/C13H17N3O2S.ClH/c14-12(17)9-19-11-4-2-1-3-10(11)13(18)16-7-5-15-6-8-16;/h1-4,15H,5-9H2,(H2,14,17);1H. The summed E-state index contributed by atoms with van der Waals surface area (Å²) in [5.74, 6) is -0.172. The number of nitrogens with one attached hydrogen (secondary N) is 1. The molecule has 1 aliphatic rings. The molecular weight excluding hydrogens is 298 g/mol. The highest BCUT2D eigenvalue weighted by molar-refractivity contribution is 8.00. The first kappa shape index (κ1) is 16.8. The van der Waals surface area contributed by atoms with Gasteiger partial charge in [-0.15, -0.1) is 24.2 Å². The van der Waals surface area contributed by atoms with E-state index in [-0.39, 0.29) is 30.0 Å². The molecule has 1 saturated heterocycles. The minimum Gasteiger partial charge on any atom is -0.369 e. The number of amides is 2. The molecule has 20 heavy (non-hydrogen) atoms. The molecular formula is C13H18ClN3O2S. The van der Waals surface area contributed by atoms with Crippen molar-refractivity contribution in [3.05, 3.63) is 29.8 Å². The normalized spacial score (nSPS) is 14.5. The van der Waals surface area contributed by atoms with Crippen molar-refractivity contribution in [2.75, 3.05) is 31.9 Å². The number of piperazine rings is 1. The Hall–Kier alpha value is -1.24. The van der Waals surface area contributed by atoms with Gasteiger partial charge in [-0.3, -0.25) is 9.59 Å². The molecule has 2 amide bonds. The van der Waals surface area contributed by atoms with Crippen molar-refractivity contribution in [3.63, 3.8) is 0 Å². The molecule has 0 saturated carbocycles. The molecule has 0 aromatic heterocycles. The van der Waals surface area contributed by atoms with Crippen LogP contribution in [0.3, 0.4) is 0 Å². The average Bonchev–Trinajstić information content (AvgIpc) is 2.45. The Balaban J connectivity index is 0.00000200. The number of hydrogen-bond donors (Lipinski definition) is 2. The molecule has 1 fully saturated rings. The SMILES string of the molecule is Cl.NC(=O)CSc1ccccc1C(=O)N1CCNCC1. The van der Waals surface area contributed by atoms with Gasteiger partial charge < -0.3 is 16.0 Å². The third kappa shape index (κ3) is 4.40. The van der Waals surface area contributed by atoms with Crippen molar-refractivity contribution in [2.45, 2.75) is 4.90 Å². The van der Waals surface area contributed by atoms with Gasteiger partial charge in [0.15, 0.2) is 0 Å². The van der Waals surface area contributed by atoms with E-state index >= 15 is 0 Å². The molecule has 1 aliphatic heterocycles. The maximum Gasteiger partial charge on any atom is 0.255 e. The number of carbonyl (C=O) groups is 2. The van der Waals surface area contributed by atoms with Gasteiger partial charge in [-0.25, -0.2) is 0 Å². The van der Waals surface area contributed by atoms with E-state index in [1.807, 2.05) is 23.1 Å². The van der Waals surface area contributed by atoms with Crippen LogP contribution in [-0.2, 0) is 4.79 Å². The zero-order valence-corrected chi connectivity index (χ0v) is 12.6. The summed E-state index contributed by atoms with van der Waals surface area (Å²) < 4.78 is 0. The van der Waals surface area contributed by atoms with Crippen LogP contribution in [0.25, 0.3) is 0 Å². The first-order chi connectivity index (χ1) is 9.18. The Morgan fingerprint density at radius 1 is 1.25 bits per heavy atom. The number of nitrogens with zero attached hydrogens (tertiary/aromatic N) is 1. The first-order valence-electron chi connectivity index (χ1n) is 6.18. The Morgan fingerprint density at radius 2 is 1.90 bits per heavy atom. The highest BCUT2D eigenvalue weighted by atomic mass is 35.5. The van der Waals surface area contributed by atoms with E-state index in [1.54, 1.807) is 6.07 Å². The Bertz CT molecular complexity index is 478. The third-order valence-electron chi connectivity index (χ3n) is 2.89. The van der Waals surface area contributed by atoms with Crippen molar-refractivity contribution >= 4 is 36.0 Å². The summed E-state index contributed by atoms with van der Waals surface area (Å²) in [7, 11) is 0. The highest BCUT2D eigenvalue weighted by Gasteiger charge is 2.20. The van der Waals surface area contributed by atoms with Crippen LogP contribution in [0.2, 0.25) is 0 Å². The van der Waals surface area contributed by atoms with E-state index in [1.165, 1.54) is 11.8 Å². The monoisotopic (exact) mass is 315 g/mol. The number of halogens is 1. The minimum absolute atomic E-state index is 0. The molecule has 1 heterocycles. The third-order valence-corrected chi connectivity index (χ3v) is 3.99. The zero-order valence-electron chi connectivity index (χ0n) is 11.0. The largest absolute Gasteiger partial charge is 0.369 e. The summed E-state index contributed by atoms with van der Waals surface area (Å²) >= 11 is 1.31. The van der Waals surface area contributed by atoms with Crippen LogP contribution in [0.4, 0.5) is 0 Å².